The smallest absolute Gasteiger partial charge is 0.0420 e. The molecule has 106 valence electrons. The van der Waals surface area contributed by atoms with Gasteiger partial charge in [-0.1, -0.05) is 13.8 Å². The average Bonchev–Trinajstić information content (AvgIpc) is 2.41. The molecule has 0 amide bonds. The molecule has 0 saturated heterocycles. The Labute approximate surface area is 125 Å². The van der Waals surface area contributed by atoms with Crippen molar-refractivity contribution in [2.75, 3.05) is 0 Å². The molecule has 1 saturated carbocycles. The van der Waals surface area contributed by atoms with Crippen LogP contribution in [0, 0.1) is 17.8 Å². The van der Waals surface area contributed by atoms with Gasteiger partial charge in [-0.15, -0.1) is 0 Å². The first-order valence-electron chi connectivity index (χ1n) is 7.42. The maximum absolute atomic E-state index is 6.39. The molecular weight excluding hydrogens is 300 g/mol. The van der Waals surface area contributed by atoms with Crippen molar-refractivity contribution in [2.24, 2.45) is 23.5 Å². The lowest BCUT2D eigenvalue weighted by Gasteiger charge is -2.33. The molecule has 1 fully saturated rings. The van der Waals surface area contributed by atoms with E-state index < -0.39 is 0 Å². The molecule has 1 aromatic rings. The fourth-order valence-corrected chi connectivity index (χ4v) is 3.41. The Balaban J connectivity index is 1.84. The number of halogens is 1. The molecule has 0 aliphatic heterocycles. The molecule has 3 heteroatoms. The van der Waals surface area contributed by atoms with E-state index in [1.54, 1.807) is 0 Å². The normalized spacial score (nSPS) is 25.5. The maximum atomic E-state index is 6.39. The number of nitrogens with zero attached hydrogens (tertiary/aromatic N) is 1. The minimum Gasteiger partial charge on any atom is -0.327 e. The molecule has 0 bridgehead atoms. The lowest BCUT2D eigenvalue weighted by molar-refractivity contribution is 0.202. The van der Waals surface area contributed by atoms with Crippen molar-refractivity contribution in [1.29, 1.82) is 0 Å². The summed E-state index contributed by atoms with van der Waals surface area (Å²) in [6, 6.07) is 4.38. The Kier molecular flexibility index (Phi) is 5.40. The molecule has 0 aromatic carbocycles. The van der Waals surface area contributed by atoms with Gasteiger partial charge in [0, 0.05) is 28.8 Å². The van der Waals surface area contributed by atoms with Crippen LogP contribution in [0.4, 0.5) is 0 Å². The van der Waals surface area contributed by atoms with E-state index in [-0.39, 0.29) is 6.04 Å². The van der Waals surface area contributed by atoms with E-state index in [1.165, 1.54) is 25.7 Å². The van der Waals surface area contributed by atoms with Gasteiger partial charge in [0.25, 0.3) is 0 Å². The predicted molar refractivity (Wildman–Crippen MR) is 83.9 cm³/mol. The van der Waals surface area contributed by atoms with Crippen molar-refractivity contribution in [2.45, 2.75) is 52.0 Å². The van der Waals surface area contributed by atoms with Gasteiger partial charge in [-0.2, -0.15) is 0 Å². The topological polar surface area (TPSA) is 38.9 Å². The van der Waals surface area contributed by atoms with Gasteiger partial charge in [0.15, 0.2) is 0 Å². The second-order valence-electron chi connectivity index (χ2n) is 6.25. The van der Waals surface area contributed by atoms with Gasteiger partial charge in [-0.3, -0.25) is 4.98 Å². The first-order valence-corrected chi connectivity index (χ1v) is 8.21. The Bertz CT molecular complexity index is 380. The van der Waals surface area contributed by atoms with Crippen LogP contribution in [0.5, 0.6) is 0 Å². The molecule has 1 aliphatic carbocycles. The molecule has 1 unspecified atom stereocenters. The molecule has 2 N–H and O–H groups in total. The molecule has 19 heavy (non-hydrogen) atoms. The van der Waals surface area contributed by atoms with Crippen molar-refractivity contribution < 1.29 is 0 Å². The van der Waals surface area contributed by atoms with Crippen LogP contribution in [-0.4, -0.2) is 11.0 Å². The van der Waals surface area contributed by atoms with Gasteiger partial charge in [-0.25, -0.2) is 0 Å². The number of hydrogen-bond acceptors (Lipinski definition) is 2. The number of aromatic nitrogens is 1. The van der Waals surface area contributed by atoms with Crippen molar-refractivity contribution in [3.8, 4) is 0 Å². The number of pyridine rings is 1. The Morgan fingerprint density at radius 2 is 1.84 bits per heavy atom. The fraction of sp³-hybridized carbons (Fsp3) is 0.688. The van der Waals surface area contributed by atoms with Crippen LogP contribution in [0.2, 0.25) is 0 Å². The quantitative estimate of drug-likeness (QED) is 0.902. The molecule has 1 heterocycles. The lowest BCUT2D eigenvalue weighted by Crippen LogP contribution is -2.35. The van der Waals surface area contributed by atoms with Crippen molar-refractivity contribution >= 4 is 15.9 Å². The van der Waals surface area contributed by atoms with Gasteiger partial charge in [-0.05, 0) is 71.5 Å². The summed E-state index contributed by atoms with van der Waals surface area (Å²) in [4.78, 5) is 4.43. The Morgan fingerprint density at radius 1 is 1.21 bits per heavy atom. The summed E-state index contributed by atoms with van der Waals surface area (Å²) in [5, 5.41) is 0. The maximum Gasteiger partial charge on any atom is 0.0420 e. The zero-order valence-corrected chi connectivity index (χ0v) is 13.6. The van der Waals surface area contributed by atoms with E-state index in [4.69, 9.17) is 5.73 Å². The fourth-order valence-electron chi connectivity index (χ4n) is 3.18. The van der Waals surface area contributed by atoms with E-state index in [1.807, 2.05) is 12.3 Å². The minimum atomic E-state index is 0.266. The van der Waals surface area contributed by atoms with Crippen LogP contribution in [-0.2, 0) is 6.42 Å². The van der Waals surface area contributed by atoms with Crippen LogP contribution in [0.25, 0.3) is 0 Å². The van der Waals surface area contributed by atoms with Crippen LogP contribution < -0.4 is 5.73 Å². The van der Waals surface area contributed by atoms with Crippen LogP contribution in [0.15, 0.2) is 22.8 Å². The van der Waals surface area contributed by atoms with Gasteiger partial charge < -0.3 is 5.73 Å². The van der Waals surface area contributed by atoms with E-state index in [9.17, 15) is 0 Å². The highest BCUT2D eigenvalue weighted by atomic mass is 79.9. The largest absolute Gasteiger partial charge is 0.327 e. The van der Waals surface area contributed by atoms with Crippen LogP contribution in [0.3, 0.4) is 0 Å². The highest BCUT2D eigenvalue weighted by Gasteiger charge is 2.27. The molecule has 1 aromatic heterocycles. The zero-order chi connectivity index (χ0) is 13.8. The highest BCUT2D eigenvalue weighted by molar-refractivity contribution is 9.10. The summed E-state index contributed by atoms with van der Waals surface area (Å²) in [5.41, 5.74) is 7.50. The van der Waals surface area contributed by atoms with Gasteiger partial charge in [0.05, 0.1) is 0 Å². The molecule has 2 nitrogen and oxygen atoms in total. The van der Waals surface area contributed by atoms with Gasteiger partial charge in [0.2, 0.25) is 0 Å². The summed E-state index contributed by atoms with van der Waals surface area (Å²) < 4.78 is 1.03. The summed E-state index contributed by atoms with van der Waals surface area (Å²) in [5.74, 6) is 2.42. The summed E-state index contributed by atoms with van der Waals surface area (Å²) in [7, 11) is 0. The van der Waals surface area contributed by atoms with Crippen molar-refractivity contribution in [1.82, 2.24) is 4.98 Å². The number of nitrogens with two attached hydrogens (primary N) is 1. The third kappa shape index (κ3) is 4.28. The molecule has 2 rings (SSSR count). The van der Waals surface area contributed by atoms with Crippen LogP contribution >= 0.6 is 15.9 Å². The standard InChI is InChI=1S/C16H25BrN2/c1-11(2)12-3-5-13(6-4-12)16(18)9-15-8-7-14(17)10-19-15/h7-8,10-13,16H,3-6,9,18H2,1-2H3. The first-order chi connectivity index (χ1) is 9.06. The van der Waals surface area contributed by atoms with E-state index >= 15 is 0 Å². The SMILES string of the molecule is CC(C)C1CCC(C(N)Cc2ccc(Br)cn2)CC1. The first kappa shape index (κ1) is 15.0. The third-order valence-corrected chi connectivity index (χ3v) is 5.07. The number of hydrogen-bond donors (Lipinski definition) is 1. The van der Waals surface area contributed by atoms with Crippen molar-refractivity contribution in [3.63, 3.8) is 0 Å². The molecular formula is C16H25BrN2. The third-order valence-electron chi connectivity index (χ3n) is 4.60. The molecule has 1 aliphatic rings. The van der Waals surface area contributed by atoms with Gasteiger partial charge >= 0.3 is 0 Å². The van der Waals surface area contributed by atoms with Crippen LogP contribution in [0.1, 0.15) is 45.2 Å². The van der Waals surface area contributed by atoms with E-state index in [0.717, 1.165) is 28.4 Å². The lowest BCUT2D eigenvalue weighted by atomic mass is 9.74. The predicted octanol–water partition coefficient (Wildman–Crippen LogP) is 4.18. The monoisotopic (exact) mass is 324 g/mol. The van der Waals surface area contributed by atoms with Gasteiger partial charge in [0.1, 0.15) is 0 Å². The Morgan fingerprint density at radius 3 is 2.37 bits per heavy atom. The molecule has 1 atom stereocenters. The van der Waals surface area contributed by atoms with Crippen molar-refractivity contribution in [3.05, 3.63) is 28.5 Å². The summed E-state index contributed by atoms with van der Waals surface area (Å²) in [6.45, 7) is 4.69. The zero-order valence-electron chi connectivity index (χ0n) is 12.0. The summed E-state index contributed by atoms with van der Waals surface area (Å²) in [6.07, 6.45) is 8.05. The average molecular weight is 325 g/mol. The van der Waals surface area contributed by atoms with E-state index in [0.29, 0.717) is 5.92 Å². The van der Waals surface area contributed by atoms with E-state index in [2.05, 4.69) is 40.8 Å². The molecule has 0 spiro atoms. The minimum absolute atomic E-state index is 0.266. The molecule has 0 radical (unpaired) electrons. The number of rotatable bonds is 4. The second kappa shape index (κ2) is 6.85. The Hall–Kier alpha value is -0.410. The summed E-state index contributed by atoms with van der Waals surface area (Å²) >= 11 is 3.41. The highest BCUT2D eigenvalue weighted by Crippen LogP contribution is 2.34. The second-order valence-corrected chi connectivity index (χ2v) is 7.17.